The van der Waals surface area contributed by atoms with Crippen molar-refractivity contribution in [1.82, 2.24) is 4.98 Å². The number of hydrogen-bond acceptors (Lipinski definition) is 3. The monoisotopic (exact) mass is 219 g/mol. The first-order valence-corrected chi connectivity index (χ1v) is 6.24. The molecule has 0 radical (unpaired) electrons. The van der Waals surface area contributed by atoms with Gasteiger partial charge in [0.2, 0.25) is 0 Å². The van der Waals surface area contributed by atoms with Crippen LogP contribution in [0, 0.1) is 0 Å². The summed E-state index contributed by atoms with van der Waals surface area (Å²) in [5.74, 6) is 1.10. The van der Waals surface area contributed by atoms with Gasteiger partial charge in [-0.05, 0) is 50.7 Å². The van der Waals surface area contributed by atoms with Gasteiger partial charge in [0.05, 0.1) is 0 Å². The van der Waals surface area contributed by atoms with Crippen molar-refractivity contribution in [2.75, 3.05) is 11.9 Å². The molecule has 1 aliphatic rings. The van der Waals surface area contributed by atoms with Gasteiger partial charge in [-0.25, -0.2) is 4.98 Å². The fourth-order valence-corrected chi connectivity index (χ4v) is 2.11. The van der Waals surface area contributed by atoms with Crippen molar-refractivity contribution in [2.45, 2.75) is 45.1 Å². The quantitative estimate of drug-likeness (QED) is 0.815. The second-order valence-corrected chi connectivity index (χ2v) is 4.71. The third-order valence-electron chi connectivity index (χ3n) is 3.04. The number of nitrogens with zero attached hydrogens (tertiary/aromatic N) is 1. The van der Waals surface area contributed by atoms with Crippen LogP contribution in [-0.4, -0.2) is 17.6 Å². The fraction of sp³-hybridized carbons (Fsp3) is 0.615. The Balaban J connectivity index is 1.95. The van der Waals surface area contributed by atoms with Crippen LogP contribution in [0.2, 0.25) is 0 Å². The predicted octanol–water partition coefficient (Wildman–Crippen LogP) is 2.11. The molecule has 88 valence electrons. The lowest BCUT2D eigenvalue weighted by molar-refractivity contribution is 0.619. The molecule has 1 aromatic rings. The number of hydrogen-bond donors (Lipinski definition) is 2. The molecule has 0 spiro atoms. The van der Waals surface area contributed by atoms with Crippen LogP contribution < -0.4 is 11.1 Å². The average molecular weight is 219 g/mol. The molecule has 1 aromatic heterocycles. The maximum atomic E-state index is 5.73. The summed E-state index contributed by atoms with van der Waals surface area (Å²) in [7, 11) is 0. The molecule has 1 aliphatic heterocycles. The van der Waals surface area contributed by atoms with Gasteiger partial charge >= 0.3 is 0 Å². The number of pyridine rings is 1. The highest BCUT2D eigenvalue weighted by atomic mass is 15.0. The van der Waals surface area contributed by atoms with Crippen molar-refractivity contribution >= 4 is 5.82 Å². The van der Waals surface area contributed by atoms with Crippen LogP contribution >= 0.6 is 0 Å². The largest absolute Gasteiger partial charge is 0.370 e. The van der Waals surface area contributed by atoms with Gasteiger partial charge in [-0.15, -0.1) is 0 Å². The molecule has 0 saturated carbocycles. The van der Waals surface area contributed by atoms with E-state index >= 15 is 0 Å². The summed E-state index contributed by atoms with van der Waals surface area (Å²) in [5.41, 5.74) is 8.29. The minimum absolute atomic E-state index is 0.302. The standard InChI is InChI=1S/C13H21N3/c1-10(14)4-2-6-12-8-7-11-5-3-9-15-13(11)16-12/h7-8,10H,2-6,9,14H2,1H3,(H,15,16). The lowest BCUT2D eigenvalue weighted by atomic mass is 10.1. The second kappa shape index (κ2) is 5.30. The van der Waals surface area contributed by atoms with E-state index in [2.05, 4.69) is 29.4 Å². The van der Waals surface area contributed by atoms with Gasteiger partial charge < -0.3 is 11.1 Å². The molecule has 0 aromatic carbocycles. The van der Waals surface area contributed by atoms with Crippen molar-refractivity contribution in [3.8, 4) is 0 Å². The van der Waals surface area contributed by atoms with Crippen molar-refractivity contribution in [2.24, 2.45) is 5.73 Å². The van der Waals surface area contributed by atoms with Crippen LogP contribution in [-0.2, 0) is 12.8 Å². The molecule has 3 heteroatoms. The number of fused-ring (bicyclic) bond motifs is 1. The highest BCUT2D eigenvalue weighted by molar-refractivity contribution is 5.46. The molecule has 0 amide bonds. The third kappa shape index (κ3) is 2.95. The molecule has 2 heterocycles. The molecule has 0 saturated heterocycles. The Kier molecular flexibility index (Phi) is 3.78. The number of aromatic nitrogens is 1. The first-order valence-electron chi connectivity index (χ1n) is 6.24. The van der Waals surface area contributed by atoms with Crippen molar-refractivity contribution < 1.29 is 0 Å². The number of nitrogens with one attached hydrogen (secondary N) is 1. The summed E-state index contributed by atoms with van der Waals surface area (Å²) < 4.78 is 0. The van der Waals surface area contributed by atoms with Crippen LogP contribution in [0.15, 0.2) is 12.1 Å². The van der Waals surface area contributed by atoms with Gasteiger partial charge in [-0.3, -0.25) is 0 Å². The molecular weight excluding hydrogens is 198 g/mol. The van der Waals surface area contributed by atoms with Crippen molar-refractivity contribution in [3.05, 3.63) is 23.4 Å². The number of nitrogens with two attached hydrogens (primary N) is 1. The Hall–Kier alpha value is -1.09. The molecule has 2 rings (SSSR count). The predicted molar refractivity (Wildman–Crippen MR) is 67.6 cm³/mol. The van der Waals surface area contributed by atoms with Crippen LogP contribution in [0.25, 0.3) is 0 Å². The summed E-state index contributed by atoms with van der Waals surface area (Å²) in [6.07, 6.45) is 5.63. The summed E-state index contributed by atoms with van der Waals surface area (Å²) in [5, 5.41) is 3.37. The molecule has 3 nitrogen and oxygen atoms in total. The normalized spacial score (nSPS) is 16.4. The van der Waals surface area contributed by atoms with E-state index in [0.717, 1.165) is 38.0 Å². The molecule has 0 aliphatic carbocycles. The number of anilines is 1. The lowest BCUT2D eigenvalue weighted by Crippen LogP contribution is -2.15. The van der Waals surface area contributed by atoms with E-state index in [-0.39, 0.29) is 0 Å². The Morgan fingerprint density at radius 2 is 2.38 bits per heavy atom. The van der Waals surface area contributed by atoms with E-state index in [1.807, 2.05) is 0 Å². The van der Waals surface area contributed by atoms with Gasteiger partial charge in [-0.1, -0.05) is 6.07 Å². The fourth-order valence-electron chi connectivity index (χ4n) is 2.11. The van der Waals surface area contributed by atoms with E-state index in [0.29, 0.717) is 6.04 Å². The first-order chi connectivity index (χ1) is 7.75. The molecular formula is C13H21N3. The maximum absolute atomic E-state index is 5.73. The van der Waals surface area contributed by atoms with Crippen LogP contribution in [0.4, 0.5) is 5.82 Å². The van der Waals surface area contributed by atoms with Gasteiger partial charge in [0.25, 0.3) is 0 Å². The zero-order valence-corrected chi connectivity index (χ0v) is 10.00. The van der Waals surface area contributed by atoms with Gasteiger partial charge in [0.1, 0.15) is 5.82 Å². The minimum atomic E-state index is 0.302. The topological polar surface area (TPSA) is 50.9 Å². The Morgan fingerprint density at radius 1 is 1.50 bits per heavy atom. The molecule has 16 heavy (non-hydrogen) atoms. The zero-order valence-electron chi connectivity index (χ0n) is 10.00. The van der Waals surface area contributed by atoms with E-state index in [1.54, 1.807) is 0 Å². The summed E-state index contributed by atoms with van der Waals surface area (Å²) in [4.78, 5) is 4.66. The summed E-state index contributed by atoms with van der Waals surface area (Å²) in [6.45, 7) is 3.12. The second-order valence-electron chi connectivity index (χ2n) is 4.71. The highest BCUT2D eigenvalue weighted by Crippen LogP contribution is 2.20. The first kappa shape index (κ1) is 11.4. The average Bonchev–Trinajstić information content (AvgIpc) is 2.28. The van der Waals surface area contributed by atoms with Crippen LogP contribution in [0.1, 0.15) is 37.4 Å². The third-order valence-corrected chi connectivity index (χ3v) is 3.04. The zero-order chi connectivity index (χ0) is 11.4. The molecule has 1 unspecified atom stereocenters. The minimum Gasteiger partial charge on any atom is -0.370 e. The van der Waals surface area contributed by atoms with Gasteiger partial charge in [0.15, 0.2) is 0 Å². The molecule has 1 atom stereocenters. The maximum Gasteiger partial charge on any atom is 0.129 e. The Labute approximate surface area is 97.5 Å². The highest BCUT2D eigenvalue weighted by Gasteiger charge is 2.09. The van der Waals surface area contributed by atoms with Gasteiger partial charge in [-0.2, -0.15) is 0 Å². The van der Waals surface area contributed by atoms with Crippen LogP contribution in [0.3, 0.4) is 0 Å². The smallest absolute Gasteiger partial charge is 0.129 e. The molecule has 0 fully saturated rings. The Morgan fingerprint density at radius 3 is 3.19 bits per heavy atom. The molecule has 3 N–H and O–H groups in total. The lowest BCUT2D eigenvalue weighted by Gasteiger charge is -2.17. The number of aryl methyl sites for hydroxylation is 2. The van der Waals surface area contributed by atoms with E-state index in [1.165, 1.54) is 17.7 Å². The van der Waals surface area contributed by atoms with Crippen molar-refractivity contribution in [1.29, 1.82) is 0 Å². The van der Waals surface area contributed by atoms with Crippen LogP contribution in [0.5, 0.6) is 0 Å². The SMILES string of the molecule is CC(N)CCCc1ccc2c(n1)NCCC2. The van der Waals surface area contributed by atoms with E-state index in [9.17, 15) is 0 Å². The Bertz CT molecular complexity index is 347. The van der Waals surface area contributed by atoms with E-state index < -0.39 is 0 Å². The summed E-state index contributed by atoms with van der Waals surface area (Å²) in [6, 6.07) is 4.68. The van der Waals surface area contributed by atoms with Gasteiger partial charge in [0, 0.05) is 18.3 Å². The van der Waals surface area contributed by atoms with E-state index in [4.69, 9.17) is 5.73 Å². The van der Waals surface area contributed by atoms with Crippen molar-refractivity contribution in [3.63, 3.8) is 0 Å². The summed E-state index contributed by atoms with van der Waals surface area (Å²) >= 11 is 0. The number of rotatable bonds is 4. The molecule has 0 bridgehead atoms.